The van der Waals surface area contributed by atoms with E-state index in [9.17, 15) is 9.59 Å². The third-order valence-electron chi connectivity index (χ3n) is 5.65. The molecule has 0 saturated carbocycles. The van der Waals surface area contributed by atoms with Gasteiger partial charge in [0, 0.05) is 31.7 Å². The van der Waals surface area contributed by atoms with E-state index in [0.29, 0.717) is 30.1 Å². The topological polar surface area (TPSA) is 66.4 Å². The van der Waals surface area contributed by atoms with Gasteiger partial charge in [-0.2, -0.15) is 0 Å². The minimum absolute atomic E-state index is 0.152. The molecular weight excluding hydrogens is 400 g/mol. The zero-order chi connectivity index (χ0) is 22.5. The molecule has 0 aliphatic carbocycles. The zero-order valence-electron chi connectivity index (χ0n) is 18.4. The summed E-state index contributed by atoms with van der Waals surface area (Å²) in [5, 5.41) is 0. The molecule has 3 heterocycles. The smallest absolute Gasteiger partial charge is 0.278 e. The molecule has 0 fully saturated rings. The molecule has 0 saturated heterocycles. The van der Waals surface area contributed by atoms with Crippen molar-refractivity contribution in [3.05, 3.63) is 101 Å². The monoisotopic (exact) mass is 426 g/mol. The molecule has 3 aromatic rings. The van der Waals surface area contributed by atoms with Gasteiger partial charge in [-0.15, -0.1) is 0 Å². The second-order valence-corrected chi connectivity index (χ2v) is 7.79. The molecular formula is C26H26N4O2. The molecule has 0 radical (unpaired) electrons. The maximum atomic E-state index is 13.6. The summed E-state index contributed by atoms with van der Waals surface area (Å²) >= 11 is 0. The van der Waals surface area contributed by atoms with E-state index in [1.165, 1.54) is 4.90 Å². The number of carbonyl (C=O) groups is 2. The van der Waals surface area contributed by atoms with Crippen LogP contribution in [0.5, 0.6) is 0 Å². The molecule has 0 N–H and O–H groups in total. The summed E-state index contributed by atoms with van der Waals surface area (Å²) in [7, 11) is 0. The fraction of sp³-hybridized carbons (Fsp3) is 0.231. The summed E-state index contributed by atoms with van der Waals surface area (Å²) in [5.41, 5.74) is 4.60. The third-order valence-corrected chi connectivity index (χ3v) is 5.65. The summed E-state index contributed by atoms with van der Waals surface area (Å²) in [6, 6.07) is 17.2. The number of benzene rings is 1. The number of aromatic nitrogens is 2. The van der Waals surface area contributed by atoms with Gasteiger partial charge in [0.2, 0.25) is 0 Å². The minimum atomic E-state index is -0.276. The van der Waals surface area contributed by atoms with Gasteiger partial charge < -0.3 is 4.90 Å². The Morgan fingerprint density at radius 1 is 0.906 bits per heavy atom. The lowest BCUT2D eigenvalue weighted by Crippen LogP contribution is -2.35. The van der Waals surface area contributed by atoms with Crippen molar-refractivity contribution in [2.45, 2.75) is 26.8 Å². The van der Waals surface area contributed by atoms with Gasteiger partial charge in [-0.25, -0.2) is 0 Å². The quantitative estimate of drug-likeness (QED) is 0.515. The SMILES string of the molecule is CCN(CCc1ccncc1)C1=C(c2ccc(C)cc2)C(=O)N(Cc2ccccn2)C1=O. The van der Waals surface area contributed by atoms with Crippen LogP contribution in [-0.2, 0) is 22.6 Å². The normalized spacial score (nSPS) is 13.8. The molecule has 2 aromatic heterocycles. The van der Waals surface area contributed by atoms with Crippen LogP contribution in [0.2, 0.25) is 0 Å². The average molecular weight is 427 g/mol. The van der Waals surface area contributed by atoms with Crippen molar-refractivity contribution in [1.29, 1.82) is 0 Å². The Labute approximate surface area is 188 Å². The number of carbonyl (C=O) groups excluding carboxylic acids is 2. The first-order valence-corrected chi connectivity index (χ1v) is 10.8. The lowest BCUT2D eigenvalue weighted by molar-refractivity contribution is -0.138. The highest BCUT2D eigenvalue weighted by molar-refractivity contribution is 6.35. The first-order valence-electron chi connectivity index (χ1n) is 10.8. The second kappa shape index (κ2) is 9.56. The van der Waals surface area contributed by atoms with Crippen molar-refractivity contribution in [3.63, 3.8) is 0 Å². The van der Waals surface area contributed by atoms with Crippen molar-refractivity contribution >= 4 is 17.4 Å². The first kappa shape index (κ1) is 21.4. The number of likely N-dealkylation sites (N-methyl/N-ethyl adjacent to an activating group) is 1. The van der Waals surface area contributed by atoms with Crippen LogP contribution < -0.4 is 0 Å². The standard InChI is InChI=1S/C26H26N4O2/c1-3-29(17-13-20-11-15-27-16-12-20)24-23(21-9-7-19(2)8-10-21)25(31)30(26(24)32)18-22-6-4-5-14-28-22/h4-12,14-16H,3,13,17-18H2,1-2H3. The summed E-state index contributed by atoms with van der Waals surface area (Å²) in [4.78, 5) is 38.7. The van der Waals surface area contributed by atoms with Crippen LogP contribution in [0.25, 0.3) is 5.57 Å². The van der Waals surface area contributed by atoms with Crippen LogP contribution >= 0.6 is 0 Å². The van der Waals surface area contributed by atoms with Gasteiger partial charge >= 0.3 is 0 Å². The number of pyridine rings is 2. The molecule has 32 heavy (non-hydrogen) atoms. The van der Waals surface area contributed by atoms with E-state index in [2.05, 4.69) is 9.97 Å². The van der Waals surface area contributed by atoms with E-state index in [0.717, 1.165) is 23.1 Å². The summed E-state index contributed by atoms with van der Waals surface area (Å²) in [6.07, 6.45) is 5.95. The number of amides is 2. The maximum absolute atomic E-state index is 13.6. The van der Waals surface area contributed by atoms with Crippen molar-refractivity contribution in [1.82, 2.24) is 19.8 Å². The van der Waals surface area contributed by atoms with Gasteiger partial charge in [0.25, 0.3) is 11.8 Å². The fourth-order valence-corrected chi connectivity index (χ4v) is 3.88. The van der Waals surface area contributed by atoms with Crippen molar-refractivity contribution in [2.24, 2.45) is 0 Å². The van der Waals surface area contributed by atoms with E-state index < -0.39 is 0 Å². The first-order chi connectivity index (χ1) is 15.6. The Balaban J connectivity index is 1.69. The van der Waals surface area contributed by atoms with E-state index in [1.54, 1.807) is 18.6 Å². The molecule has 0 unspecified atom stereocenters. The van der Waals surface area contributed by atoms with Crippen molar-refractivity contribution < 1.29 is 9.59 Å². The highest BCUT2D eigenvalue weighted by atomic mass is 16.2. The van der Waals surface area contributed by atoms with E-state index >= 15 is 0 Å². The Morgan fingerprint density at radius 3 is 2.31 bits per heavy atom. The minimum Gasteiger partial charge on any atom is -0.366 e. The highest BCUT2D eigenvalue weighted by Gasteiger charge is 2.41. The lowest BCUT2D eigenvalue weighted by Gasteiger charge is -2.25. The molecule has 0 bridgehead atoms. The number of aryl methyl sites for hydroxylation is 1. The highest BCUT2D eigenvalue weighted by Crippen LogP contribution is 2.32. The maximum Gasteiger partial charge on any atom is 0.278 e. The molecule has 1 aliphatic rings. The van der Waals surface area contributed by atoms with Crippen molar-refractivity contribution in [2.75, 3.05) is 13.1 Å². The Kier molecular flexibility index (Phi) is 6.40. The molecule has 6 nitrogen and oxygen atoms in total. The predicted octanol–water partition coefficient (Wildman–Crippen LogP) is 3.63. The van der Waals surface area contributed by atoms with Crippen LogP contribution in [0.3, 0.4) is 0 Å². The number of imide groups is 1. The third kappa shape index (κ3) is 4.44. The molecule has 0 spiro atoms. The Hall–Kier alpha value is -3.80. The molecule has 6 heteroatoms. The van der Waals surface area contributed by atoms with Gasteiger partial charge in [0.05, 0.1) is 17.8 Å². The predicted molar refractivity (Wildman–Crippen MR) is 123 cm³/mol. The van der Waals surface area contributed by atoms with Gasteiger partial charge in [-0.3, -0.25) is 24.5 Å². The Bertz CT molecular complexity index is 1130. The second-order valence-electron chi connectivity index (χ2n) is 7.79. The molecule has 2 amide bonds. The molecule has 4 rings (SSSR count). The van der Waals surface area contributed by atoms with E-state index in [-0.39, 0.29) is 18.4 Å². The van der Waals surface area contributed by atoms with E-state index in [1.807, 2.05) is 73.3 Å². The lowest BCUT2D eigenvalue weighted by atomic mass is 10.0. The van der Waals surface area contributed by atoms with Crippen molar-refractivity contribution in [3.8, 4) is 0 Å². The van der Waals surface area contributed by atoms with Crippen LogP contribution in [0.4, 0.5) is 0 Å². The van der Waals surface area contributed by atoms with Gasteiger partial charge in [0.1, 0.15) is 5.70 Å². The summed E-state index contributed by atoms with van der Waals surface area (Å²) < 4.78 is 0. The van der Waals surface area contributed by atoms with E-state index in [4.69, 9.17) is 0 Å². The molecule has 1 aromatic carbocycles. The number of rotatable bonds is 8. The largest absolute Gasteiger partial charge is 0.366 e. The fourth-order valence-electron chi connectivity index (χ4n) is 3.88. The number of hydrogen-bond donors (Lipinski definition) is 0. The number of hydrogen-bond acceptors (Lipinski definition) is 5. The van der Waals surface area contributed by atoms with Crippen LogP contribution in [0.15, 0.2) is 78.9 Å². The molecule has 1 aliphatic heterocycles. The zero-order valence-corrected chi connectivity index (χ0v) is 18.4. The van der Waals surface area contributed by atoms with Crippen LogP contribution in [0, 0.1) is 6.92 Å². The molecule has 162 valence electrons. The van der Waals surface area contributed by atoms with Gasteiger partial charge in [-0.05, 0) is 55.7 Å². The van der Waals surface area contributed by atoms with Crippen LogP contribution in [-0.4, -0.2) is 44.7 Å². The van der Waals surface area contributed by atoms with Gasteiger partial charge in [-0.1, -0.05) is 35.9 Å². The number of nitrogens with zero attached hydrogens (tertiary/aromatic N) is 4. The van der Waals surface area contributed by atoms with Crippen LogP contribution in [0.1, 0.15) is 29.3 Å². The molecule has 0 atom stereocenters. The average Bonchev–Trinajstić information content (AvgIpc) is 3.06. The van der Waals surface area contributed by atoms with Gasteiger partial charge in [0.15, 0.2) is 0 Å². The summed E-state index contributed by atoms with van der Waals surface area (Å²) in [5.74, 6) is -0.547. The summed E-state index contributed by atoms with van der Waals surface area (Å²) in [6.45, 7) is 5.40. The Morgan fingerprint density at radius 2 is 1.66 bits per heavy atom.